The number of methoxy groups -OCH3 is 3. The highest BCUT2D eigenvalue weighted by molar-refractivity contribution is 5.97. The maximum absolute atomic E-state index is 5.73. The van der Waals surface area contributed by atoms with Gasteiger partial charge in [0.05, 0.1) is 27.0 Å². The fraction of sp³-hybridized carbons (Fsp3) is 0.250. The third-order valence-corrected chi connectivity index (χ3v) is 4.37. The predicted octanol–water partition coefficient (Wildman–Crippen LogP) is 3.70. The van der Waals surface area contributed by atoms with Gasteiger partial charge in [-0.2, -0.15) is 0 Å². The second kappa shape index (κ2) is 6.63. The Morgan fingerprint density at radius 2 is 1.50 bits per heavy atom. The molecule has 1 aliphatic rings. The lowest BCUT2D eigenvalue weighted by Gasteiger charge is -2.20. The molecule has 0 bridgehead atoms. The summed E-state index contributed by atoms with van der Waals surface area (Å²) in [6.45, 7) is 1.10. The van der Waals surface area contributed by atoms with Crippen LogP contribution in [0.4, 0.5) is 0 Å². The molecule has 1 aliphatic heterocycles. The van der Waals surface area contributed by atoms with Crippen molar-refractivity contribution < 1.29 is 23.7 Å². The Hall–Kier alpha value is -3.15. The van der Waals surface area contributed by atoms with Crippen molar-refractivity contribution in [3.63, 3.8) is 0 Å². The van der Waals surface area contributed by atoms with Crippen LogP contribution in [0.15, 0.2) is 36.5 Å². The summed E-state index contributed by atoms with van der Waals surface area (Å²) in [6, 6.07) is 9.68. The van der Waals surface area contributed by atoms with Crippen LogP contribution in [0.2, 0.25) is 0 Å². The maximum Gasteiger partial charge on any atom is 0.203 e. The summed E-state index contributed by atoms with van der Waals surface area (Å²) in [5.41, 5.74) is 1.67. The first-order chi connectivity index (χ1) is 12.7. The molecule has 134 valence electrons. The number of aromatic nitrogens is 1. The van der Waals surface area contributed by atoms with E-state index in [9.17, 15) is 0 Å². The van der Waals surface area contributed by atoms with Gasteiger partial charge in [-0.3, -0.25) is 4.98 Å². The first kappa shape index (κ1) is 16.3. The minimum absolute atomic E-state index is 0.540. The largest absolute Gasteiger partial charge is 0.493 e. The quantitative estimate of drug-likeness (QED) is 0.713. The average Bonchev–Trinajstić information content (AvgIpc) is 2.70. The van der Waals surface area contributed by atoms with Gasteiger partial charge in [-0.1, -0.05) is 0 Å². The molecule has 1 aromatic heterocycles. The normalized spacial score (nSPS) is 12.7. The molecule has 0 N–H and O–H groups in total. The number of fused-ring (bicyclic) bond motifs is 2. The van der Waals surface area contributed by atoms with Crippen LogP contribution in [0.5, 0.6) is 28.7 Å². The van der Waals surface area contributed by atoms with E-state index >= 15 is 0 Å². The summed E-state index contributed by atoms with van der Waals surface area (Å²) < 4.78 is 27.7. The lowest BCUT2D eigenvalue weighted by Crippen LogP contribution is -2.15. The van der Waals surface area contributed by atoms with Crippen LogP contribution in [0.1, 0.15) is 0 Å². The van der Waals surface area contributed by atoms with Crippen molar-refractivity contribution >= 4 is 10.8 Å². The van der Waals surface area contributed by atoms with Crippen LogP contribution in [-0.4, -0.2) is 39.5 Å². The smallest absolute Gasteiger partial charge is 0.203 e. The van der Waals surface area contributed by atoms with Gasteiger partial charge in [0.25, 0.3) is 0 Å². The van der Waals surface area contributed by atoms with E-state index in [1.54, 1.807) is 27.5 Å². The molecule has 0 fully saturated rings. The van der Waals surface area contributed by atoms with E-state index in [0.29, 0.717) is 30.5 Å². The molecule has 0 saturated carbocycles. The standard InChI is InChI=1S/C20H19NO5/c1-22-17-9-13(10-18(23-2)20(17)24-3)19-14-11-16-15(25-6-7-26-16)8-12(14)4-5-21-19/h4-5,8-11H,6-7H2,1-3H3. The van der Waals surface area contributed by atoms with Gasteiger partial charge in [0.1, 0.15) is 13.2 Å². The molecule has 6 nitrogen and oxygen atoms in total. The third kappa shape index (κ3) is 2.63. The molecular weight excluding hydrogens is 334 g/mol. The van der Waals surface area contributed by atoms with E-state index in [-0.39, 0.29) is 0 Å². The number of hydrogen-bond acceptors (Lipinski definition) is 6. The molecule has 2 aromatic carbocycles. The zero-order valence-corrected chi connectivity index (χ0v) is 14.9. The summed E-state index contributed by atoms with van der Waals surface area (Å²) in [6.07, 6.45) is 1.77. The zero-order valence-electron chi connectivity index (χ0n) is 14.9. The molecule has 0 atom stereocenters. The monoisotopic (exact) mass is 353 g/mol. The highest BCUT2D eigenvalue weighted by atomic mass is 16.6. The van der Waals surface area contributed by atoms with Crippen molar-refractivity contribution in [2.75, 3.05) is 34.5 Å². The molecule has 0 unspecified atom stereocenters. The lowest BCUT2D eigenvalue weighted by atomic mass is 10.0. The Kier molecular flexibility index (Phi) is 4.16. The van der Waals surface area contributed by atoms with Gasteiger partial charge in [0, 0.05) is 17.1 Å². The summed E-state index contributed by atoms with van der Waals surface area (Å²) >= 11 is 0. The third-order valence-electron chi connectivity index (χ3n) is 4.37. The van der Waals surface area contributed by atoms with Crippen molar-refractivity contribution in [1.29, 1.82) is 0 Å². The summed E-state index contributed by atoms with van der Waals surface area (Å²) in [5, 5.41) is 1.99. The Morgan fingerprint density at radius 1 is 0.846 bits per heavy atom. The van der Waals surface area contributed by atoms with Crippen molar-refractivity contribution in [2.24, 2.45) is 0 Å². The lowest BCUT2D eigenvalue weighted by molar-refractivity contribution is 0.172. The molecule has 0 spiro atoms. The number of nitrogens with zero attached hydrogens (tertiary/aromatic N) is 1. The fourth-order valence-corrected chi connectivity index (χ4v) is 3.16. The van der Waals surface area contributed by atoms with Gasteiger partial charge in [0.15, 0.2) is 23.0 Å². The average molecular weight is 353 g/mol. The van der Waals surface area contributed by atoms with Gasteiger partial charge in [0.2, 0.25) is 5.75 Å². The van der Waals surface area contributed by atoms with E-state index < -0.39 is 0 Å². The van der Waals surface area contributed by atoms with Crippen LogP contribution >= 0.6 is 0 Å². The first-order valence-corrected chi connectivity index (χ1v) is 8.24. The van der Waals surface area contributed by atoms with E-state index in [1.165, 1.54) is 0 Å². The summed E-state index contributed by atoms with van der Waals surface area (Å²) in [7, 11) is 4.78. The van der Waals surface area contributed by atoms with Crippen LogP contribution in [-0.2, 0) is 0 Å². The zero-order chi connectivity index (χ0) is 18.1. The Labute approximate surface area is 151 Å². The van der Waals surface area contributed by atoms with E-state index in [2.05, 4.69) is 4.98 Å². The van der Waals surface area contributed by atoms with E-state index in [4.69, 9.17) is 23.7 Å². The molecule has 0 saturated heterocycles. The highest BCUT2D eigenvalue weighted by Crippen LogP contribution is 2.43. The van der Waals surface area contributed by atoms with Gasteiger partial charge in [-0.25, -0.2) is 0 Å². The number of hydrogen-bond donors (Lipinski definition) is 0. The van der Waals surface area contributed by atoms with Crippen LogP contribution in [0.25, 0.3) is 22.0 Å². The molecule has 26 heavy (non-hydrogen) atoms. The summed E-state index contributed by atoms with van der Waals surface area (Å²) in [4.78, 5) is 4.58. The van der Waals surface area contributed by atoms with E-state index in [1.807, 2.05) is 30.3 Å². The second-order valence-corrected chi connectivity index (χ2v) is 5.79. The molecule has 0 radical (unpaired) electrons. The van der Waals surface area contributed by atoms with Crippen LogP contribution < -0.4 is 23.7 Å². The van der Waals surface area contributed by atoms with E-state index in [0.717, 1.165) is 33.5 Å². The number of benzene rings is 2. The Balaban J connectivity index is 1.94. The van der Waals surface area contributed by atoms with Crippen LogP contribution in [0, 0.1) is 0 Å². The molecule has 3 aromatic rings. The fourth-order valence-electron chi connectivity index (χ4n) is 3.16. The topological polar surface area (TPSA) is 59.0 Å². The van der Waals surface area contributed by atoms with Gasteiger partial charge in [-0.05, 0) is 35.7 Å². The molecule has 4 rings (SSSR count). The number of ether oxygens (including phenoxy) is 5. The van der Waals surface area contributed by atoms with Crippen molar-refractivity contribution in [1.82, 2.24) is 4.98 Å². The minimum atomic E-state index is 0.540. The predicted molar refractivity (Wildman–Crippen MR) is 97.8 cm³/mol. The molecule has 2 heterocycles. The first-order valence-electron chi connectivity index (χ1n) is 8.24. The maximum atomic E-state index is 5.73. The number of rotatable bonds is 4. The summed E-state index contributed by atoms with van der Waals surface area (Å²) in [5.74, 6) is 3.20. The van der Waals surface area contributed by atoms with Gasteiger partial charge in [-0.15, -0.1) is 0 Å². The van der Waals surface area contributed by atoms with Crippen molar-refractivity contribution in [2.45, 2.75) is 0 Å². The molecule has 0 aliphatic carbocycles. The number of pyridine rings is 1. The second-order valence-electron chi connectivity index (χ2n) is 5.79. The Morgan fingerprint density at radius 3 is 2.12 bits per heavy atom. The molecular formula is C20H19NO5. The van der Waals surface area contributed by atoms with Crippen LogP contribution in [0.3, 0.4) is 0 Å². The van der Waals surface area contributed by atoms with Crippen molar-refractivity contribution in [3.8, 4) is 40.0 Å². The molecule has 6 heteroatoms. The highest BCUT2D eigenvalue weighted by Gasteiger charge is 2.18. The van der Waals surface area contributed by atoms with Crippen molar-refractivity contribution in [3.05, 3.63) is 36.5 Å². The SMILES string of the molecule is COc1cc(-c2nccc3cc4c(cc23)OCCO4)cc(OC)c1OC. The minimum Gasteiger partial charge on any atom is -0.493 e. The Bertz CT molecular complexity index is 945. The van der Waals surface area contributed by atoms with Gasteiger partial charge < -0.3 is 23.7 Å². The van der Waals surface area contributed by atoms with Gasteiger partial charge >= 0.3 is 0 Å². The molecule has 0 amide bonds.